The van der Waals surface area contributed by atoms with Gasteiger partial charge in [-0.3, -0.25) is 14.4 Å². The molecule has 0 aliphatic heterocycles. The molecule has 0 fully saturated rings. The number of hydrogen-bond donors (Lipinski definition) is 1. The van der Waals surface area contributed by atoms with Crippen molar-refractivity contribution in [3.63, 3.8) is 0 Å². The van der Waals surface area contributed by atoms with Crippen LogP contribution in [-0.4, -0.2) is 22.5 Å². The zero-order valence-electron chi connectivity index (χ0n) is 15.7. The SMILES string of the molecule is O=C1C(=CC2=C(Cl)/C(=C/C3=C(O)c4ccccc4C3=O)CC2)C(=O)c2ccccc21. The minimum absolute atomic E-state index is 0.0593. The Kier molecular flexibility index (Phi) is 4.19. The number of fused-ring (bicyclic) bond motifs is 2. The molecule has 0 spiro atoms. The minimum atomic E-state index is -0.299. The smallest absolute Gasteiger partial charge is 0.197 e. The summed E-state index contributed by atoms with van der Waals surface area (Å²) in [5, 5.41) is 10.9. The van der Waals surface area contributed by atoms with Gasteiger partial charge in [-0.05, 0) is 36.1 Å². The molecule has 0 atom stereocenters. The van der Waals surface area contributed by atoms with Gasteiger partial charge in [0.05, 0.1) is 11.1 Å². The molecule has 0 bridgehead atoms. The van der Waals surface area contributed by atoms with E-state index in [1.54, 1.807) is 60.7 Å². The van der Waals surface area contributed by atoms with Crippen LogP contribution in [0.4, 0.5) is 0 Å². The first kappa shape index (κ1) is 18.5. The highest BCUT2D eigenvalue weighted by Gasteiger charge is 2.34. The summed E-state index contributed by atoms with van der Waals surface area (Å²) in [5.41, 5.74) is 3.47. The number of rotatable bonds is 2. The van der Waals surface area contributed by atoms with E-state index >= 15 is 0 Å². The highest BCUT2D eigenvalue weighted by atomic mass is 35.5. The molecular formula is C25H15ClO4. The van der Waals surface area contributed by atoms with Crippen molar-refractivity contribution in [2.45, 2.75) is 12.8 Å². The summed E-state index contributed by atoms with van der Waals surface area (Å²) in [6, 6.07) is 13.6. The van der Waals surface area contributed by atoms with Gasteiger partial charge in [0.2, 0.25) is 0 Å². The van der Waals surface area contributed by atoms with Crippen molar-refractivity contribution in [3.05, 3.63) is 110 Å². The second-order valence-corrected chi connectivity index (χ2v) is 7.79. The topological polar surface area (TPSA) is 71.4 Å². The van der Waals surface area contributed by atoms with Crippen molar-refractivity contribution in [1.82, 2.24) is 0 Å². The van der Waals surface area contributed by atoms with E-state index in [9.17, 15) is 19.5 Å². The zero-order chi connectivity index (χ0) is 21.0. The quantitative estimate of drug-likeness (QED) is 0.529. The normalized spacial score (nSPS) is 19.3. The fraction of sp³-hybridized carbons (Fsp3) is 0.0800. The van der Waals surface area contributed by atoms with E-state index < -0.39 is 0 Å². The molecule has 2 aromatic carbocycles. The summed E-state index contributed by atoms with van der Waals surface area (Å²) in [6.45, 7) is 0. The van der Waals surface area contributed by atoms with Crippen molar-refractivity contribution in [1.29, 1.82) is 0 Å². The third-order valence-electron chi connectivity index (χ3n) is 5.70. The maximum absolute atomic E-state index is 12.7. The molecule has 5 heteroatoms. The Morgan fingerprint density at radius 2 is 1.27 bits per heavy atom. The van der Waals surface area contributed by atoms with Crippen LogP contribution in [0.1, 0.15) is 49.5 Å². The maximum atomic E-state index is 12.7. The van der Waals surface area contributed by atoms with Gasteiger partial charge < -0.3 is 5.11 Å². The molecule has 5 rings (SSSR count). The van der Waals surface area contributed by atoms with Gasteiger partial charge in [0.1, 0.15) is 5.76 Å². The Morgan fingerprint density at radius 1 is 0.733 bits per heavy atom. The number of hydrogen-bond acceptors (Lipinski definition) is 4. The predicted molar refractivity (Wildman–Crippen MR) is 114 cm³/mol. The highest BCUT2D eigenvalue weighted by Crippen LogP contribution is 2.40. The lowest BCUT2D eigenvalue weighted by molar-refractivity contribution is 0.0986. The van der Waals surface area contributed by atoms with Crippen molar-refractivity contribution in [3.8, 4) is 0 Å². The molecule has 0 heterocycles. The molecule has 0 saturated carbocycles. The van der Waals surface area contributed by atoms with Crippen LogP contribution < -0.4 is 0 Å². The van der Waals surface area contributed by atoms with Crippen LogP contribution in [0.15, 0.2) is 88.0 Å². The maximum Gasteiger partial charge on any atom is 0.197 e. The summed E-state index contributed by atoms with van der Waals surface area (Å²) >= 11 is 6.54. The number of allylic oxidation sites excluding steroid dienone is 7. The van der Waals surface area contributed by atoms with E-state index in [0.29, 0.717) is 51.3 Å². The molecule has 0 unspecified atom stereocenters. The van der Waals surface area contributed by atoms with E-state index in [4.69, 9.17) is 11.6 Å². The predicted octanol–water partition coefficient (Wildman–Crippen LogP) is 5.37. The Labute approximate surface area is 177 Å². The number of benzene rings is 2. The number of halogens is 1. The van der Waals surface area contributed by atoms with Crippen LogP contribution in [0, 0.1) is 0 Å². The number of carbonyl (C=O) groups is 3. The van der Waals surface area contributed by atoms with Crippen LogP contribution in [0.3, 0.4) is 0 Å². The molecule has 0 saturated heterocycles. The van der Waals surface area contributed by atoms with E-state index in [2.05, 4.69) is 0 Å². The first-order valence-corrected chi connectivity index (χ1v) is 9.92. The molecule has 3 aliphatic carbocycles. The number of aliphatic hydroxyl groups is 1. The third-order valence-corrected chi connectivity index (χ3v) is 6.18. The fourth-order valence-electron chi connectivity index (χ4n) is 4.14. The Hall–Kier alpha value is -3.50. The first-order chi connectivity index (χ1) is 14.5. The van der Waals surface area contributed by atoms with Gasteiger partial charge in [-0.15, -0.1) is 0 Å². The Morgan fingerprint density at radius 3 is 1.83 bits per heavy atom. The molecule has 2 aromatic rings. The number of ketones is 3. The molecular weight excluding hydrogens is 400 g/mol. The Balaban J connectivity index is 1.51. The average Bonchev–Trinajstić information content (AvgIpc) is 3.32. The van der Waals surface area contributed by atoms with Crippen LogP contribution in [0.5, 0.6) is 0 Å². The molecule has 30 heavy (non-hydrogen) atoms. The second-order valence-electron chi connectivity index (χ2n) is 7.41. The van der Waals surface area contributed by atoms with Crippen molar-refractivity contribution < 1.29 is 19.5 Å². The summed E-state index contributed by atoms with van der Waals surface area (Å²) in [6.07, 6.45) is 4.26. The lowest BCUT2D eigenvalue weighted by atomic mass is 10.1. The highest BCUT2D eigenvalue weighted by molar-refractivity contribution is 6.40. The van der Waals surface area contributed by atoms with Crippen LogP contribution in [-0.2, 0) is 0 Å². The van der Waals surface area contributed by atoms with E-state index in [1.165, 1.54) is 0 Å². The standard InChI is InChI=1S/C25H15ClO4/c26-21-13(11-19-22(27)15-5-1-2-6-16(15)23(19)28)9-10-14(21)12-20-24(29)17-7-3-4-8-18(17)25(20)30/h1-8,11-12,27H,9-10H2/b13-11+. The molecule has 1 N–H and O–H groups in total. The minimum Gasteiger partial charge on any atom is -0.507 e. The van der Waals surface area contributed by atoms with Gasteiger partial charge in [-0.25, -0.2) is 0 Å². The van der Waals surface area contributed by atoms with Crippen LogP contribution >= 0.6 is 11.6 Å². The largest absolute Gasteiger partial charge is 0.507 e. The van der Waals surface area contributed by atoms with Crippen LogP contribution in [0.2, 0.25) is 0 Å². The fourth-order valence-corrected chi connectivity index (χ4v) is 4.44. The third kappa shape index (κ3) is 2.65. The molecule has 4 nitrogen and oxygen atoms in total. The van der Waals surface area contributed by atoms with Gasteiger partial charge >= 0.3 is 0 Å². The van der Waals surface area contributed by atoms with Crippen molar-refractivity contribution >= 4 is 34.7 Å². The van der Waals surface area contributed by atoms with E-state index in [-0.39, 0.29) is 34.3 Å². The van der Waals surface area contributed by atoms with E-state index in [0.717, 1.165) is 0 Å². The summed E-state index contributed by atoms with van der Waals surface area (Å²) in [5.74, 6) is -0.905. The van der Waals surface area contributed by atoms with Gasteiger partial charge in [0.15, 0.2) is 17.3 Å². The van der Waals surface area contributed by atoms with Gasteiger partial charge in [0.25, 0.3) is 0 Å². The van der Waals surface area contributed by atoms with Crippen molar-refractivity contribution in [2.75, 3.05) is 0 Å². The summed E-state index contributed by atoms with van der Waals surface area (Å²) in [7, 11) is 0. The van der Waals surface area contributed by atoms with E-state index in [1.807, 2.05) is 0 Å². The number of carbonyl (C=O) groups excluding carboxylic acids is 3. The van der Waals surface area contributed by atoms with Crippen molar-refractivity contribution in [2.24, 2.45) is 0 Å². The Bertz CT molecular complexity index is 1270. The molecule has 0 radical (unpaired) electrons. The molecule has 0 aromatic heterocycles. The monoisotopic (exact) mass is 414 g/mol. The number of Topliss-reactive ketones (excluding diaryl/α,β-unsaturated/α-hetero) is 3. The second kappa shape index (κ2) is 6.78. The zero-order valence-corrected chi connectivity index (χ0v) is 16.5. The van der Waals surface area contributed by atoms with Gasteiger partial charge in [-0.1, -0.05) is 60.1 Å². The average molecular weight is 415 g/mol. The molecule has 0 amide bonds. The first-order valence-electron chi connectivity index (χ1n) is 9.54. The van der Waals surface area contributed by atoms with Gasteiger partial charge in [0, 0.05) is 27.3 Å². The molecule has 3 aliphatic rings. The lowest BCUT2D eigenvalue weighted by Crippen LogP contribution is -2.01. The van der Waals surface area contributed by atoms with Crippen LogP contribution in [0.25, 0.3) is 5.76 Å². The summed E-state index contributed by atoms with van der Waals surface area (Å²) < 4.78 is 0. The molecule has 146 valence electrons. The summed E-state index contributed by atoms with van der Waals surface area (Å²) in [4.78, 5) is 37.9. The number of aliphatic hydroxyl groups excluding tert-OH is 1. The lowest BCUT2D eigenvalue weighted by Gasteiger charge is -2.00. The van der Waals surface area contributed by atoms with Gasteiger partial charge in [-0.2, -0.15) is 0 Å².